The van der Waals surface area contributed by atoms with Crippen molar-refractivity contribution in [2.45, 2.75) is 52.5 Å². The largest absolute Gasteiger partial charge is 0.294 e. The molecule has 0 aliphatic heterocycles. The van der Waals surface area contributed by atoms with E-state index in [2.05, 4.69) is 18.7 Å². The van der Waals surface area contributed by atoms with Crippen molar-refractivity contribution in [2.24, 2.45) is 0 Å². The maximum atomic E-state index is 12.5. The highest BCUT2D eigenvalue weighted by Crippen LogP contribution is 2.14. The van der Waals surface area contributed by atoms with Crippen molar-refractivity contribution >= 4 is 17.4 Å². The van der Waals surface area contributed by atoms with Gasteiger partial charge in [0.25, 0.3) is 0 Å². The molecular formula is C17H26ClNO. The lowest BCUT2D eigenvalue weighted by atomic mass is 10.0. The van der Waals surface area contributed by atoms with E-state index < -0.39 is 0 Å². The maximum Gasteiger partial charge on any atom is 0.179 e. The number of hydrogen-bond donors (Lipinski definition) is 0. The van der Waals surface area contributed by atoms with E-state index in [-0.39, 0.29) is 11.8 Å². The molecule has 0 aliphatic carbocycles. The van der Waals surface area contributed by atoms with Gasteiger partial charge in [0.2, 0.25) is 0 Å². The Kier molecular flexibility index (Phi) is 7.86. The van der Waals surface area contributed by atoms with Gasteiger partial charge in [0, 0.05) is 10.6 Å². The van der Waals surface area contributed by atoms with Crippen LogP contribution in [0.4, 0.5) is 0 Å². The summed E-state index contributed by atoms with van der Waals surface area (Å²) in [6.45, 7) is 8.38. The number of hydrogen-bond acceptors (Lipinski definition) is 2. The van der Waals surface area contributed by atoms with Crippen LogP contribution in [0.15, 0.2) is 24.3 Å². The predicted octanol–water partition coefficient (Wildman–Crippen LogP) is 4.81. The molecule has 2 nitrogen and oxygen atoms in total. The van der Waals surface area contributed by atoms with Gasteiger partial charge in [0.1, 0.15) is 0 Å². The zero-order valence-corrected chi connectivity index (χ0v) is 13.6. The smallest absolute Gasteiger partial charge is 0.179 e. The first-order valence-corrected chi connectivity index (χ1v) is 8.01. The Morgan fingerprint density at radius 1 is 1.10 bits per heavy atom. The summed E-state index contributed by atoms with van der Waals surface area (Å²) in [5.41, 5.74) is 0.750. The second-order valence-corrected chi connectivity index (χ2v) is 5.73. The fourth-order valence-electron chi connectivity index (χ4n) is 2.24. The molecule has 0 radical (unpaired) electrons. The molecule has 0 aliphatic rings. The van der Waals surface area contributed by atoms with Crippen LogP contribution in [-0.2, 0) is 0 Å². The van der Waals surface area contributed by atoms with Gasteiger partial charge in [-0.15, -0.1) is 0 Å². The highest BCUT2D eigenvalue weighted by atomic mass is 35.5. The number of nitrogens with zero attached hydrogens (tertiary/aromatic N) is 1. The zero-order valence-electron chi connectivity index (χ0n) is 12.9. The lowest BCUT2D eigenvalue weighted by Crippen LogP contribution is -2.40. The number of carbonyl (C=O) groups excluding carboxylic acids is 1. The lowest BCUT2D eigenvalue weighted by Gasteiger charge is -2.28. The van der Waals surface area contributed by atoms with E-state index in [4.69, 9.17) is 11.6 Å². The molecule has 20 heavy (non-hydrogen) atoms. The molecule has 112 valence electrons. The van der Waals surface area contributed by atoms with E-state index in [9.17, 15) is 4.79 Å². The number of rotatable bonds is 9. The van der Waals surface area contributed by atoms with Crippen LogP contribution in [0.25, 0.3) is 0 Å². The molecule has 1 unspecified atom stereocenters. The molecule has 0 amide bonds. The van der Waals surface area contributed by atoms with E-state index in [1.54, 1.807) is 12.1 Å². The molecule has 1 rings (SSSR count). The predicted molar refractivity (Wildman–Crippen MR) is 86.6 cm³/mol. The summed E-state index contributed by atoms with van der Waals surface area (Å²) in [6, 6.07) is 7.14. The minimum Gasteiger partial charge on any atom is -0.294 e. The molecule has 0 bridgehead atoms. The van der Waals surface area contributed by atoms with Crippen LogP contribution in [0.2, 0.25) is 5.02 Å². The summed E-state index contributed by atoms with van der Waals surface area (Å²) in [6.07, 6.45) is 4.60. The van der Waals surface area contributed by atoms with Gasteiger partial charge >= 0.3 is 0 Å². The minimum absolute atomic E-state index is 0.0609. The van der Waals surface area contributed by atoms with Crippen LogP contribution >= 0.6 is 11.6 Å². The van der Waals surface area contributed by atoms with Crippen molar-refractivity contribution in [1.29, 1.82) is 0 Å². The first kappa shape index (κ1) is 17.2. The Hall–Kier alpha value is -0.860. The zero-order chi connectivity index (χ0) is 15.0. The van der Waals surface area contributed by atoms with Gasteiger partial charge in [-0.25, -0.2) is 0 Å². The summed E-state index contributed by atoms with van der Waals surface area (Å²) in [5, 5.41) is 0.669. The highest BCUT2D eigenvalue weighted by Gasteiger charge is 2.21. The Balaban J connectivity index is 2.73. The van der Waals surface area contributed by atoms with Gasteiger partial charge in [0.15, 0.2) is 5.78 Å². The molecule has 0 spiro atoms. The molecular weight excluding hydrogens is 270 g/mol. The molecule has 0 saturated carbocycles. The number of benzene rings is 1. The maximum absolute atomic E-state index is 12.5. The molecule has 0 heterocycles. The SMILES string of the molecule is CCCCN(CCCC)C(C)C(=O)c1ccc(Cl)cc1. The topological polar surface area (TPSA) is 20.3 Å². The first-order valence-electron chi connectivity index (χ1n) is 7.64. The van der Waals surface area contributed by atoms with Crippen LogP contribution in [-0.4, -0.2) is 29.8 Å². The molecule has 1 atom stereocenters. The fraction of sp³-hybridized carbons (Fsp3) is 0.588. The fourth-order valence-corrected chi connectivity index (χ4v) is 2.37. The third-order valence-corrected chi connectivity index (χ3v) is 3.91. The summed E-state index contributed by atoms with van der Waals surface area (Å²) < 4.78 is 0. The Morgan fingerprint density at radius 2 is 1.60 bits per heavy atom. The second kappa shape index (κ2) is 9.15. The van der Waals surface area contributed by atoms with Crippen molar-refractivity contribution in [3.8, 4) is 0 Å². The first-order chi connectivity index (χ1) is 9.60. The summed E-state index contributed by atoms with van der Waals surface area (Å²) >= 11 is 5.87. The van der Waals surface area contributed by atoms with E-state index in [0.29, 0.717) is 5.02 Å². The molecule has 1 aromatic rings. The Morgan fingerprint density at radius 3 is 2.05 bits per heavy atom. The standard InChI is InChI=1S/C17H26ClNO/c1-4-6-12-19(13-7-5-2)14(3)17(20)15-8-10-16(18)11-9-15/h8-11,14H,4-7,12-13H2,1-3H3. The average molecular weight is 296 g/mol. The number of unbranched alkanes of at least 4 members (excludes halogenated alkanes) is 2. The second-order valence-electron chi connectivity index (χ2n) is 5.29. The normalized spacial score (nSPS) is 12.7. The average Bonchev–Trinajstić information content (AvgIpc) is 2.47. The molecule has 1 aromatic carbocycles. The van der Waals surface area contributed by atoms with Crippen molar-refractivity contribution in [2.75, 3.05) is 13.1 Å². The highest BCUT2D eigenvalue weighted by molar-refractivity contribution is 6.30. The van der Waals surface area contributed by atoms with Gasteiger partial charge in [0.05, 0.1) is 6.04 Å². The molecule has 0 N–H and O–H groups in total. The van der Waals surface area contributed by atoms with Crippen LogP contribution in [0.3, 0.4) is 0 Å². The van der Waals surface area contributed by atoms with E-state index in [0.717, 1.165) is 44.3 Å². The third kappa shape index (κ3) is 5.26. The summed E-state index contributed by atoms with van der Waals surface area (Å²) in [5.74, 6) is 0.189. The van der Waals surface area contributed by atoms with Crippen LogP contribution < -0.4 is 0 Å². The number of halogens is 1. The third-order valence-electron chi connectivity index (χ3n) is 3.65. The monoisotopic (exact) mass is 295 g/mol. The van der Waals surface area contributed by atoms with E-state index in [1.807, 2.05) is 19.1 Å². The molecule has 0 fully saturated rings. The van der Waals surface area contributed by atoms with Crippen molar-refractivity contribution in [3.05, 3.63) is 34.9 Å². The minimum atomic E-state index is -0.0609. The van der Waals surface area contributed by atoms with Gasteiger partial charge < -0.3 is 0 Å². The molecule has 0 aromatic heterocycles. The Bertz CT molecular complexity index is 394. The van der Waals surface area contributed by atoms with Gasteiger partial charge in [-0.05, 0) is 57.1 Å². The van der Waals surface area contributed by atoms with Gasteiger partial charge in [-0.3, -0.25) is 9.69 Å². The Labute approximate surface area is 128 Å². The van der Waals surface area contributed by atoms with Crippen LogP contribution in [0.1, 0.15) is 56.8 Å². The number of Topliss-reactive ketones (excluding diaryl/α,β-unsaturated/α-hetero) is 1. The summed E-state index contributed by atoms with van der Waals surface area (Å²) in [7, 11) is 0. The van der Waals surface area contributed by atoms with Crippen LogP contribution in [0.5, 0.6) is 0 Å². The lowest BCUT2D eigenvalue weighted by molar-refractivity contribution is 0.0833. The number of carbonyl (C=O) groups is 1. The van der Waals surface area contributed by atoms with E-state index >= 15 is 0 Å². The number of ketones is 1. The van der Waals surface area contributed by atoms with Crippen molar-refractivity contribution in [1.82, 2.24) is 4.90 Å². The van der Waals surface area contributed by atoms with Crippen LogP contribution in [0, 0.1) is 0 Å². The molecule has 3 heteroatoms. The van der Waals surface area contributed by atoms with E-state index in [1.165, 1.54) is 0 Å². The molecule has 0 saturated heterocycles. The van der Waals surface area contributed by atoms with Gasteiger partial charge in [-0.2, -0.15) is 0 Å². The summed E-state index contributed by atoms with van der Waals surface area (Å²) in [4.78, 5) is 14.8. The van der Waals surface area contributed by atoms with Crippen molar-refractivity contribution in [3.63, 3.8) is 0 Å². The van der Waals surface area contributed by atoms with Gasteiger partial charge in [-0.1, -0.05) is 38.3 Å². The quantitative estimate of drug-likeness (QED) is 0.609. The van der Waals surface area contributed by atoms with Crippen molar-refractivity contribution < 1.29 is 4.79 Å².